The molecule has 6 nitrogen and oxygen atoms in total. The molecule has 15 heavy (non-hydrogen) atoms. The van der Waals surface area contributed by atoms with Gasteiger partial charge in [-0.2, -0.15) is 0 Å². The van der Waals surface area contributed by atoms with E-state index < -0.39 is 12.0 Å². The van der Waals surface area contributed by atoms with E-state index in [0.717, 1.165) is 0 Å². The quantitative estimate of drug-likeness (QED) is 0.239. The van der Waals surface area contributed by atoms with Crippen molar-refractivity contribution >= 4 is 11.8 Å². The smallest absolute Gasteiger partial charge is 0.325 e. The predicted molar refractivity (Wildman–Crippen MR) is 53.5 cm³/mol. The van der Waals surface area contributed by atoms with E-state index in [1.165, 1.54) is 6.07 Å². The van der Waals surface area contributed by atoms with Gasteiger partial charge < -0.3 is 21.8 Å². The third-order valence-electron chi connectivity index (χ3n) is 1.92. The number of amidine groups is 1. The number of carboxylic acid groups (broad SMARTS) is 1. The predicted octanol–water partition coefficient (Wildman–Crippen LogP) is -0.135. The molecule has 80 valence electrons. The van der Waals surface area contributed by atoms with Crippen LogP contribution in [0.1, 0.15) is 17.2 Å². The summed E-state index contributed by atoms with van der Waals surface area (Å²) < 4.78 is 0. The zero-order valence-electron chi connectivity index (χ0n) is 7.79. The van der Waals surface area contributed by atoms with E-state index in [1.54, 1.807) is 18.2 Å². The zero-order chi connectivity index (χ0) is 11.4. The number of nitrogens with two attached hydrogens (primary N) is 2. The van der Waals surface area contributed by atoms with Crippen molar-refractivity contribution in [2.24, 2.45) is 16.6 Å². The number of carbonyl (C=O) groups is 1. The second-order valence-corrected chi connectivity index (χ2v) is 2.93. The summed E-state index contributed by atoms with van der Waals surface area (Å²) in [7, 11) is 0. The number of hydrogen-bond donors (Lipinski definition) is 4. The van der Waals surface area contributed by atoms with Gasteiger partial charge in [0.05, 0.1) is 0 Å². The lowest BCUT2D eigenvalue weighted by molar-refractivity contribution is -0.138. The van der Waals surface area contributed by atoms with Crippen LogP contribution < -0.4 is 11.5 Å². The molecule has 0 saturated carbocycles. The standard InChI is InChI=1S/C9H11N3O3/c10-7(9(13)14)5-2-1-3-6(4-5)8(11)12-15/h1-4,7,15H,10H2,(H2,11,12)(H,13,14)/t7-/m1/s1. The molecule has 0 radical (unpaired) electrons. The highest BCUT2D eigenvalue weighted by atomic mass is 16.4. The van der Waals surface area contributed by atoms with E-state index in [2.05, 4.69) is 5.16 Å². The van der Waals surface area contributed by atoms with Crippen LogP contribution in [0, 0.1) is 0 Å². The first-order valence-corrected chi connectivity index (χ1v) is 4.12. The summed E-state index contributed by atoms with van der Waals surface area (Å²) in [5.74, 6) is -1.22. The minimum atomic E-state index is -1.13. The molecular formula is C9H11N3O3. The van der Waals surface area contributed by atoms with E-state index in [9.17, 15) is 4.79 Å². The lowest BCUT2D eigenvalue weighted by Gasteiger charge is -2.07. The molecule has 0 fully saturated rings. The molecule has 0 unspecified atom stereocenters. The average Bonchev–Trinajstić information content (AvgIpc) is 2.27. The van der Waals surface area contributed by atoms with Gasteiger partial charge in [-0.15, -0.1) is 0 Å². The number of hydrogen-bond acceptors (Lipinski definition) is 4. The molecule has 0 spiro atoms. The molecule has 6 N–H and O–H groups in total. The van der Waals surface area contributed by atoms with Crippen molar-refractivity contribution in [2.45, 2.75) is 6.04 Å². The van der Waals surface area contributed by atoms with Gasteiger partial charge in [-0.05, 0) is 11.6 Å². The highest BCUT2D eigenvalue weighted by molar-refractivity contribution is 5.97. The number of oxime groups is 1. The van der Waals surface area contributed by atoms with Crippen LogP contribution in [0.4, 0.5) is 0 Å². The molecule has 0 aliphatic heterocycles. The van der Waals surface area contributed by atoms with Gasteiger partial charge in [-0.25, -0.2) is 0 Å². The molecule has 1 rings (SSSR count). The maximum atomic E-state index is 10.6. The monoisotopic (exact) mass is 209 g/mol. The highest BCUT2D eigenvalue weighted by Crippen LogP contribution is 2.12. The van der Waals surface area contributed by atoms with E-state index in [4.69, 9.17) is 21.8 Å². The Bertz CT molecular complexity index is 403. The molecule has 0 saturated heterocycles. The van der Waals surface area contributed by atoms with Crippen LogP contribution in [0.3, 0.4) is 0 Å². The van der Waals surface area contributed by atoms with Crippen molar-refractivity contribution in [2.75, 3.05) is 0 Å². The van der Waals surface area contributed by atoms with Crippen LogP contribution in [0.2, 0.25) is 0 Å². The minimum Gasteiger partial charge on any atom is -0.480 e. The minimum absolute atomic E-state index is 0.0885. The van der Waals surface area contributed by atoms with Crippen molar-refractivity contribution in [3.05, 3.63) is 35.4 Å². The number of rotatable bonds is 3. The topological polar surface area (TPSA) is 122 Å². The molecule has 0 aromatic heterocycles. The Morgan fingerprint density at radius 2 is 2.13 bits per heavy atom. The fraction of sp³-hybridized carbons (Fsp3) is 0.111. The summed E-state index contributed by atoms with van der Waals surface area (Å²) in [6.07, 6.45) is 0. The van der Waals surface area contributed by atoms with Crippen LogP contribution in [0.5, 0.6) is 0 Å². The molecule has 1 atom stereocenters. The first kappa shape index (κ1) is 11.0. The maximum absolute atomic E-state index is 10.6. The third kappa shape index (κ3) is 2.44. The van der Waals surface area contributed by atoms with Crippen molar-refractivity contribution in [3.63, 3.8) is 0 Å². The van der Waals surface area contributed by atoms with Gasteiger partial charge in [0.2, 0.25) is 0 Å². The number of nitrogens with zero attached hydrogens (tertiary/aromatic N) is 1. The van der Waals surface area contributed by atoms with Gasteiger partial charge in [-0.1, -0.05) is 23.4 Å². The lowest BCUT2D eigenvalue weighted by atomic mass is 10.0. The van der Waals surface area contributed by atoms with Crippen molar-refractivity contribution in [3.8, 4) is 0 Å². The first-order valence-electron chi connectivity index (χ1n) is 4.12. The fourth-order valence-electron chi connectivity index (χ4n) is 1.09. The number of aliphatic carboxylic acids is 1. The van der Waals surface area contributed by atoms with Crippen molar-refractivity contribution in [1.82, 2.24) is 0 Å². The largest absolute Gasteiger partial charge is 0.480 e. The summed E-state index contributed by atoms with van der Waals surface area (Å²) in [6.45, 7) is 0. The summed E-state index contributed by atoms with van der Waals surface area (Å²) in [5.41, 5.74) is 11.6. The summed E-state index contributed by atoms with van der Waals surface area (Å²) in [6, 6.07) is 5.09. The Balaban J connectivity index is 3.08. The summed E-state index contributed by atoms with van der Waals surface area (Å²) in [5, 5.41) is 19.9. The van der Waals surface area contributed by atoms with Crippen LogP contribution in [-0.2, 0) is 4.79 Å². The van der Waals surface area contributed by atoms with Gasteiger partial charge in [0, 0.05) is 5.56 Å². The molecule has 0 aliphatic rings. The van der Waals surface area contributed by atoms with Crippen LogP contribution >= 0.6 is 0 Å². The zero-order valence-corrected chi connectivity index (χ0v) is 7.79. The van der Waals surface area contributed by atoms with Crippen LogP contribution in [0.25, 0.3) is 0 Å². The van der Waals surface area contributed by atoms with Crippen LogP contribution in [-0.4, -0.2) is 22.1 Å². The van der Waals surface area contributed by atoms with Gasteiger partial charge in [0.25, 0.3) is 0 Å². The van der Waals surface area contributed by atoms with Crippen molar-refractivity contribution < 1.29 is 15.1 Å². The second kappa shape index (κ2) is 4.43. The molecule has 1 aromatic carbocycles. The summed E-state index contributed by atoms with van der Waals surface area (Å²) >= 11 is 0. The van der Waals surface area contributed by atoms with Gasteiger partial charge in [-0.3, -0.25) is 4.79 Å². The van der Waals surface area contributed by atoms with E-state index in [1.807, 2.05) is 0 Å². The van der Waals surface area contributed by atoms with Crippen LogP contribution in [0.15, 0.2) is 29.4 Å². The maximum Gasteiger partial charge on any atom is 0.325 e. The number of benzene rings is 1. The van der Waals surface area contributed by atoms with E-state index in [-0.39, 0.29) is 5.84 Å². The van der Waals surface area contributed by atoms with Gasteiger partial charge in [0.15, 0.2) is 5.84 Å². The van der Waals surface area contributed by atoms with Gasteiger partial charge in [0.1, 0.15) is 6.04 Å². The molecular weight excluding hydrogens is 198 g/mol. The second-order valence-electron chi connectivity index (χ2n) is 2.93. The summed E-state index contributed by atoms with van der Waals surface area (Å²) in [4.78, 5) is 10.6. The first-order chi connectivity index (χ1) is 7.06. The molecule has 0 aliphatic carbocycles. The Morgan fingerprint density at radius 3 is 2.67 bits per heavy atom. The fourth-order valence-corrected chi connectivity index (χ4v) is 1.09. The Morgan fingerprint density at radius 1 is 1.47 bits per heavy atom. The Kier molecular flexibility index (Phi) is 3.25. The molecule has 0 amide bonds. The van der Waals surface area contributed by atoms with Crippen molar-refractivity contribution in [1.29, 1.82) is 0 Å². The lowest BCUT2D eigenvalue weighted by Crippen LogP contribution is -2.21. The van der Waals surface area contributed by atoms with E-state index >= 15 is 0 Å². The third-order valence-corrected chi connectivity index (χ3v) is 1.92. The molecule has 6 heteroatoms. The Hall–Kier alpha value is -2.08. The molecule has 1 aromatic rings. The Labute approximate surface area is 85.8 Å². The average molecular weight is 209 g/mol. The number of carboxylic acids is 1. The SMILES string of the molecule is NC(=NO)c1cccc([C@@H](N)C(=O)O)c1. The highest BCUT2D eigenvalue weighted by Gasteiger charge is 2.14. The normalized spacial score (nSPS) is 13.5. The molecule has 0 bridgehead atoms. The van der Waals surface area contributed by atoms with E-state index in [0.29, 0.717) is 11.1 Å². The van der Waals surface area contributed by atoms with Gasteiger partial charge >= 0.3 is 5.97 Å². The molecule has 0 heterocycles.